The second-order valence-electron chi connectivity index (χ2n) is 9.29. The monoisotopic (exact) mass is 565 g/mol. The van der Waals surface area contributed by atoms with E-state index in [0.29, 0.717) is 0 Å². The van der Waals surface area contributed by atoms with Gasteiger partial charge in [-0.05, 0) is 76.7 Å². The Hall–Kier alpha value is -2.76. The average Bonchev–Trinajstić information content (AvgIpc) is 3.33. The highest BCUT2D eigenvalue weighted by Crippen LogP contribution is 2.18. The van der Waals surface area contributed by atoms with Gasteiger partial charge in [-0.2, -0.15) is 0 Å². The minimum atomic E-state index is 0.892. The lowest BCUT2D eigenvalue weighted by molar-refractivity contribution is 0.181. The number of rotatable bonds is 8. The summed E-state index contributed by atoms with van der Waals surface area (Å²) in [7, 11) is 0. The molecule has 2 nitrogen and oxygen atoms in total. The van der Waals surface area contributed by atoms with E-state index in [-0.39, 0.29) is 0 Å². The fourth-order valence-corrected chi connectivity index (χ4v) is 4.23. The Morgan fingerprint density at radius 2 is 1.22 bits per heavy atom. The van der Waals surface area contributed by atoms with E-state index in [2.05, 4.69) is 107 Å². The van der Waals surface area contributed by atoms with E-state index < -0.39 is 0 Å². The van der Waals surface area contributed by atoms with Crippen LogP contribution in [-0.4, -0.2) is 24.0 Å². The zero-order valence-electron chi connectivity index (χ0n) is 28.8. The van der Waals surface area contributed by atoms with Crippen LogP contribution in [0.15, 0.2) is 80.0 Å². The molecule has 0 aliphatic carbocycles. The van der Waals surface area contributed by atoms with E-state index in [4.69, 9.17) is 0 Å². The number of benzene rings is 2. The van der Waals surface area contributed by atoms with Crippen LogP contribution in [0, 0.1) is 19.8 Å². The van der Waals surface area contributed by atoms with Crippen molar-refractivity contribution in [2.75, 3.05) is 18.4 Å². The van der Waals surface area contributed by atoms with Gasteiger partial charge in [-0.25, -0.2) is 0 Å². The van der Waals surface area contributed by atoms with Crippen LogP contribution in [0.5, 0.6) is 0 Å². The topological polar surface area (TPSA) is 15.3 Å². The Kier molecular flexibility index (Phi) is 41.1. The Morgan fingerprint density at radius 3 is 1.56 bits per heavy atom. The van der Waals surface area contributed by atoms with Crippen LogP contribution in [0.3, 0.4) is 0 Å². The molecule has 234 valence electrons. The molecule has 0 atom stereocenters. The minimum absolute atomic E-state index is 0.892. The van der Waals surface area contributed by atoms with Gasteiger partial charge < -0.3 is 10.2 Å². The molecule has 1 fully saturated rings. The molecule has 2 heteroatoms. The molecule has 0 radical (unpaired) electrons. The molecule has 0 aromatic heterocycles. The van der Waals surface area contributed by atoms with Crippen LogP contribution in [-0.2, 0) is 6.42 Å². The summed E-state index contributed by atoms with van der Waals surface area (Å²) in [5.41, 5.74) is 4.75. The molecule has 3 rings (SSSR count). The normalized spacial score (nSPS) is 11.5. The zero-order valence-corrected chi connectivity index (χ0v) is 28.8. The summed E-state index contributed by atoms with van der Waals surface area (Å²) in [6.07, 6.45) is 20.4. The van der Waals surface area contributed by atoms with Crippen LogP contribution < -0.4 is 5.32 Å². The third-order valence-corrected chi connectivity index (χ3v) is 6.06. The van der Waals surface area contributed by atoms with Crippen molar-refractivity contribution in [2.45, 2.75) is 126 Å². The second kappa shape index (κ2) is 37.2. The highest BCUT2D eigenvalue weighted by molar-refractivity contribution is 5.48. The van der Waals surface area contributed by atoms with Crippen molar-refractivity contribution in [3.63, 3.8) is 0 Å². The number of likely N-dealkylation sites (tertiary alicyclic amines) is 1. The van der Waals surface area contributed by atoms with E-state index in [1.807, 2.05) is 52.8 Å². The molecule has 0 amide bonds. The Bertz CT molecular complexity index is 762. The minimum Gasteiger partial charge on any atom is -0.360 e. The summed E-state index contributed by atoms with van der Waals surface area (Å²) in [5.74, 6) is 0. The van der Waals surface area contributed by atoms with Crippen LogP contribution in [0.25, 0.3) is 0 Å². The first-order chi connectivity index (χ1) is 20.0. The van der Waals surface area contributed by atoms with Crippen molar-refractivity contribution in [2.24, 2.45) is 0 Å². The molecule has 1 heterocycles. The number of nitrogens with one attached hydrogen (secondary N) is 1. The lowest BCUT2D eigenvalue weighted by Gasteiger charge is -2.30. The summed E-state index contributed by atoms with van der Waals surface area (Å²) in [4.78, 5) is 2.76. The lowest BCUT2D eigenvalue weighted by atomic mass is 10.0. The third kappa shape index (κ3) is 28.6. The number of hydrogen-bond acceptors (Lipinski definition) is 2. The molecule has 1 saturated heterocycles. The van der Waals surface area contributed by atoms with Gasteiger partial charge in [-0.15, -0.1) is 26.0 Å². The van der Waals surface area contributed by atoms with E-state index in [0.717, 1.165) is 23.8 Å². The van der Waals surface area contributed by atoms with Gasteiger partial charge in [-0.1, -0.05) is 129 Å². The molecule has 0 saturated carbocycles. The van der Waals surface area contributed by atoms with Crippen molar-refractivity contribution in [1.82, 2.24) is 4.90 Å². The highest BCUT2D eigenvalue weighted by Gasteiger charge is 2.17. The second-order valence-corrected chi connectivity index (χ2v) is 9.29. The zero-order chi connectivity index (χ0) is 32.3. The molecule has 2 aromatic carbocycles. The quantitative estimate of drug-likeness (QED) is 0.253. The van der Waals surface area contributed by atoms with Crippen molar-refractivity contribution < 1.29 is 0 Å². The molecule has 1 aliphatic heterocycles. The summed E-state index contributed by atoms with van der Waals surface area (Å²) in [6.45, 7) is 31.3. The molecule has 0 unspecified atom stereocenters. The smallest absolute Gasteiger partial charge is 0.0381 e. The standard InChI is InChI=1S/C13H27N.C10H13N.C8H10.2C2H6.C2H4.C2H2/c1-3-9-13(10-4-2)14-11-7-5-6-8-12-14;1-8(2)11-10-6-4-9(3)5-7-10;1-2-8-6-4-3-5-7-8;4*1-2/h13H,3-12H2,1-2H3;4-7,11H,1H2,2-3H3;3-7H,2H2,1H3;2*1-2H3;1-2H2;1-2H. The number of anilines is 1. The number of allylic oxidation sites excluding steroid dienone is 1. The van der Waals surface area contributed by atoms with Gasteiger partial charge in [-0.3, -0.25) is 0 Å². The Morgan fingerprint density at radius 1 is 0.780 bits per heavy atom. The van der Waals surface area contributed by atoms with Gasteiger partial charge in [0.1, 0.15) is 0 Å². The highest BCUT2D eigenvalue weighted by atomic mass is 15.1. The predicted molar refractivity (Wildman–Crippen MR) is 193 cm³/mol. The molecule has 0 spiro atoms. The maximum absolute atomic E-state index is 4.00. The summed E-state index contributed by atoms with van der Waals surface area (Å²) in [5, 5.41) is 3.14. The van der Waals surface area contributed by atoms with Gasteiger partial charge in [0.25, 0.3) is 0 Å². The molecule has 2 aromatic rings. The summed E-state index contributed by atoms with van der Waals surface area (Å²) >= 11 is 0. The predicted octanol–water partition coefficient (Wildman–Crippen LogP) is 12.1. The largest absolute Gasteiger partial charge is 0.360 e. The fourth-order valence-electron chi connectivity index (χ4n) is 4.23. The Labute approximate surface area is 258 Å². The van der Waals surface area contributed by atoms with Gasteiger partial charge in [0.05, 0.1) is 0 Å². The van der Waals surface area contributed by atoms with Crippen LogP contribution in [0.4, 0.5) is 5.69 Å². The van der Waals surface area contributed by atoms with Gasteiger partial charge in [0.2, 0.25) is 0 Å². The molecular weight excluding hydrogens is 496 g/mol. The van der Waals surface area contributed by atoms with Gasteiger partial charge in [0.15, 0.2) is 0 Å². The number of terminal acetylenes is 1. The summed E-state index contributed by atoms with van der Waals surface area (Å²) < 4.78 is 0. The van der Waals surface area contributed by atoms with Crippen LogP contribution >= 0.6 is 0 Å². The van der Waals surface area contributed by atoms with E-state index in [9.17, 15) is 0 Å². The van der Waals surface area contributed by atoms with Crippen molar-refractivity contribution in [1.29, 1.82) is 0 Å². The maximum Gasteiger partial charge on any atom is 0.0381 e. The van der Waals surface area contributed by atoms with Crippen molar-refractivity contribution >= 4 is 5.69 Å². The molecule has 41 heavy (non-hydrogen) atoms. The fraction of sp³-hybridized carbons (Fsp3) is 0.538. The van der Waals surface area contributed by atoms with Crippen LogP contribution in [0.1, 0.15) is 118 Å². The first-order valence-electron chi connectivity index (χ1n) is 16.1. The van der Waals surface area contributed by atoms with E-state index >= 15 is 0 Å². The number of aryl methyl sites for hydroxylation is 2. The number of hydrogen-bond donors (Lipinski definition) is 1. The van der Waals surface area contributed by atoms with Crippen LogP contribution in [0.2, 0.25) is 0 Å². The molecule has 0 bridgehead atoms. The molecule has 1 N–H and O–H groups in total. The Balaban J connectivity index is -0.000000228. The van der Waals surface area contributed by atoms with Crippen molar-refractivity contribution in [3.05, 3.63) is 91.2 Å². The van der Waals surface area contributed by atoms with Crippen molar-refractivity contribution in [3.8, 4) is 12.8 Å². The molecule has 1 aliphatic rings. The third-order valence-electron chi connectivity index (χ3n) is 6.06. The average molecular weight is 565 g/mol. The first kappa shape index (κ1) is 45.2. The summed E-state index contributed by atoms with van der Waals surface area (Å²) in [6, 6.07) is 19.6. The van der Waals surface area contributed by atoms with Gasteiger partial charge >= 0.3 is 0 Å². The van der Waals surface area contributed by atoms with Gasteiger partial charge in [0, 0.05) is 17.4 Å². The molecular formula is C39H68N2. The number of nitrogens with zero attached hydrogens (tertiary/aromatic N) is 1. The SMILES string of the molecule is C#C.C=C.C=C(C)Nc1ccc(C)cc1.CC.CC.CCCC(CCC)N1CCCCCC1.CCc1ccccc1. The van der Waals surface area contributed by atoms with E-state index in [1.165, 1.54) is 75.6 Å². The first-order valence-corrected chi connectivity index (χ1v) is 16.1. The van der Waals surface area contributed by atoms with E-state index in [1.54, 1.807) is 0 Å². The lowest BCUT2D eigenvalue weighted by Crippen LogP contribution is -2.35. The maximum atomic E-state index is 4.00.